The normalized spacial score (nSPS) is 16.1. The quantitative estimate of drug-likeness (QED) is 0.718. The van der Waals surface area contributed by atoms with Crippen LogP contribution >= 0.6 is 0 Å². The van der Waals surface area contributed by atoms with Crippen molar-refractivity contribution in [2.75, 3.05) is 29.9 Å². The highest BCUT2D eigenvalue weighted by molar-refractivity contribution is 5.95. The predicted octanol–water partition coefficient (Wildman–Crippen LogP) is 0.726. The molecule has 0 bridgehead atoms. The zero-order valence-electron chi connectivity index (χ0n) is 11.2. The maximum atomic E-state index is 11.6. The summed E-state index contributed by atoms with van der Waals surface area (Å²) in [5.74, 6) is 0.174. The molecule has 1 saturated heterocycles. The van der Waals surface area contributed by atoms with Gasteiger partial charge in [-0.3, -0.25) is 9.59 Å². The van der Waals surface area contributed by atoms with Crippen LogP contribution in [-0.4, -0.2) is 38.1 Å². The third kappa shape index (κ3) is 3.48. The fraction of sp³-hybridized carbons (Fsp3) is 0.429. The van der Waals surface area contributed by atoms with Crippen molar-refractivity contribution >= 4 is 23.8 Å². The lowest BCUT2D eigenvalue weighted by atomic mass is 10.2. The molecular formula is C14H19N3O3. The van der Waals surface area contributed by atoms with Crippen LogP contribution in [0.1, 0.15) is 12.8 Å². The second-order valence-corrected chi connectivity index (χ2v) is 4.67. The molecule has 20 heavy (non-hydrogen) atoms. The third-order valence-corrected chi connectivity index (χ3v) is 3.30. The van der Waals surface area contributed by atoms with Crippen molar-refractivity contribution < 1.29 is 14.3 Å². The molecule has 1 aliphatic heterocycles. The lowest BCUT2D eigenvalue weighted by molar-refractivity contribution is -0.132. The minimum absolute atomic E-state index is 0.174. The van der Waals surface area contributed by atoms with E-state index in [0.29, 0.717) is 19.4 Å². The molecule has 0 aliphatic carbocycles. The number of carbonyl (C=O) groups is 2. The summed E-state index contributed by atoms with van der Waals surface area (Å²) in [6.07, 6.45) is 1.20. The molecule has 0 radical (unpaired) electrons. The van der Waals surface area contributed by atoms with Gasteiger partial charge in [-0.25, -0.2) is 0 Å². The fourth-order valence-corrected chi connectivity index (χ4v) is 2.18. The molecule has 1 unspecified atom stereocenters. The van der Waals surface area contributed by atoms with Crippen LogP contribution < -0.4 is 16.0 Å². The average Bonchev–Trinajstić information content (AvgIpc) is 2.90. The number of nitrogens with zero attached hydrogens (tertiary/aromatic N) is 1. The number of hydrogen-bond acceptors (Lipinski definition) is 5. The van der Waals surface area contributed by atoms with E-state index in [9.17, 15) is 9.59 Å². The molecule has 108 valence electrons. The first-order chi connectivity index (χ1) is 9.74. The number of carbonyl (C=O) groups excluding carboxylic acids is 2. The number of benzene rings is 1. The molecule has 1 aromatic rings. The number of rotatable bonds is 7. The number of ether oxygens (including phenoxy) is 1. The van der Waals surface area contributed by atoms with Crippen molar-refractivity contribution in [1.82, 2.24) is 0 Å². The van der Waals surface area contributed by atoms with Gasteiger partial charge in [0.1, 0.15) is 6.10 Å². The van der Waals surface area contributed by atoms with E-state index in [0.717, 1.165) is 24.3 Å². The molecule has 1 heterocycles. The number of nitrogens with two attached hydrogens (primary N) is 1. The van der Waals surface area contributed by atoms with Crippen LogP contribution in [0, 0.1) is 0 Å². The van der Waals surface area contributed by atoms with E-state index in [1.807, 2.05) is 24.3 Å². The Kier molecular flexibility index (Phi) is 4.95. The van der Waals surface area contributed by atoms with Gasteiger partial charge in [0.2, 0.25) is 5.91 Å². The van der Waals surface area contributed by atoms with E-state index in [2.05, 4.69) is 5.32 Å². The Morgan fingerprint density at radius 2 is 2.15 bits per heavy atom. The van der Waals surface area contributed by atoms with E-state index >= 15 is 0 Å². The van der Waals surface area contributed by atoms with Gasteiger partial charge >= 0.3 is 0 Å². The van der Waals surface area contributed by atoms with Gasteiger partial charge in [-0.15, -0.1) is 0 Å². The van der Waals surface area contributed by atoms with Crippen LogP contribution in [0.5, 0.6) is 0 Å². The molecule has 0 spiro atoms. The fourth-order valence-electron chi connectivity index (χ4n) is 2.18. The van der Waals surface area contributed by atoms with E-state index in [1.165, 1.54) is 0 Å². The lowest BCUT2D eigenvalue weighted by Crippen LogP contribution is -2.30. The lowest BCUT2D eigenvalue weighted by Gasteiger charge is -2.17. The minimum atomic E-state index is -0.340. The highest BCUT2D eigenvalue weighted by Crippen LogP contribution is 2.22. The van der Waals surface area contributed by atoms with E-state index in [4.69, 9.17) is 10.5 Å². The molecule has 1 atom stereocenters. The molecular weight excluding hydrogens is 258 g/mol. The van der Waals surface area contributed by atoms with Gasteiger partial charge in [0.05, 0.1) is 6.54 Å². The number of anilines is 2. The molecule has 1 aromatic carbocycles. The van der Waals surface area contributed by atoms with E-state index in [-0.39, 0.29) is 18.6 Å². The van der Waals surface area contributed by atoms with Crippen molar-refractivity contribution in [1.29, 1.82) is 0 Å². The first-order valence-corrected chi connectivity index (χ1v) is 6.68. The summed E-state index contributed by atoms with van der Waals surface area (Å²) in [5.41, 5.74) is 7.29. The molecule has 3 N–H and O–H groups in total. The van der Waals surface area contributed by atoms with Crippen molar-refractivity contribution in [2.24, 2.45) is 5.73 Å². The number of nitrogens with one attached hydrogen (secondary N) is 1. The standard InChI is InChI=1S/C14H19N3O3/c15-8-13(20-10-18)9-16-11-3-5-12(6-4-11)17-7-1-2-14(17)19/h3-6,10,13,16H,1-2,7-9,15H2. The topological polar surface area (TPSA) is 84.7 Å². The van der Waals surface area contributed by atoms with Crippen LogP contribution in [0.4, 0.5) is 11.4 Å². The molecule has 0 saturated carbocycles. The Morgan fingerprint density at radius 1 is 1.40 bits per heavy atom. The van der Waals surface area contributed by atoms with Gasteiger partial charge < -0.3 is 20.7 Å². The third-order valence-electron chi connectivity index (χ3n) is 3.30. The minimum Gasteiger partial charge on any atom is -0.461 e. The summed E-state index contributed by atoms with van der Waals surface area (Å²) in [6, 6.07) is 7.61. The largest absolute Gasteiger partial charge is 0.461 e. The Morgan fingerprint density at radius 3 is 2.70 bits per heavy atom. The summed E-state index contributed by atoms with van der Waals surface area (Å²) in [4.78, 5) is 23.7. The van der Waals surface area contributed by atoms with Gasteiger partial charge in [-0.1, -0.05) is 0 Å². The van der Waals surface area contributed by atoms with Crippen molar-refractivity contribution in [3.63, 3.8) is 0 Å². The van der Waals surface area contributed by atoms with Crippen molar-refractivity contribution in [3.05, 3.63) is 24.3 Å². The second kappa shape index (κ2) is 6.91. The van der Waals surface area contributed by atoms with Gasteiger partial charge in [0.15, 0.2) is 0 Å². The van der Waals surface area contributed by atoms with Crippen molar-refractivity contribution in [3.8, 4) is 0 Å². The number of amides is 1. The van der Waals surface area contributed by atoms with Crippen molar-refractivity contribution in [2.45, 2.75) is 18.9 Å². The van der Waals surface area contributed by atoms with E-state index < -0.39 is 0 Å². The van der Waals surface area contributed by atoms with Gasteiger partial charge in [-0.2, -0.15) is 0 Å². The Bertz CT molecular complexity index is 461. The molecule has 6 nitrogen and oxygen atoms in total. The molecule has 2 rings (SSSR count). The zero-order chi connectivity index (χ0) is 14.4. The SMILES string of the molecule is NCC(CNc1ccc(N2CCCC2=O)cc1)OC=O. The van der Waals surface area contributed by atoms with Gasteiger partial charge in [0.25, 0.3) is 6.47 Å². The monoisotopic (exact) mass is 277 g/mol. The summed E-state index contributed by atoms with van der Waals surface area (Å²) < 4.78 is 4.81. The number of hydrogen-bond donors (Lipinski definition) is 2. The molecule has 1 aliphatic rings. The highest BCUT2D eigenvalue weighted by atomic mass is 16.5. The molecule has 0 aromatic heterocycles. The molecule has 1 amide bonds. The maximum absolute atomic E-state index is 11.6. The Labute approximate surface area is 117 Å². The summed E-state index contributed by atoms with van der Waals surface area (Å²) in [7, 11) is 0. The van der Waals surface area contributed by atoms with Crippen LogP contribution in [0.25, 0.3) is 0 Å². The van der Waals surface area contributed by atoms with E-state index in [1.54, 1.807) is 4.90 Å². The van der Waals surface area contributed by atoms with Gasteiger partial charge in [-0.05, 0) is 30.7 Å². The first-order valence-electron chi connectivity index (χ1n) is 6.68. The summed E-state index contributed by atoms with van der Waals surface area (Å²) in [5, 5.41) is 3.14. The zero-order valence-corrected chi connectivity index (χ0v) is 11.2. The first kappa shape index (κ1) is 14.3. The smallest absolute Gasteiger partial charge is 0.293 e. The molecule has 1 fully saturated rings. The average molecular weight is 277 g/mol. The Balaban J connectivity index is 1.91. The predicted molar refractivity (Wildman–Crippen MR) is 76.5 cm³/mol. The maximum Gasteiger partial charge on any atom is 0.293 e. The van der Waals surface area contributed by atoms with Crippen LogP contribution in [-0.2, 0) is 14.3 Å². The van der Waals surface area contributed by atoms with Crippen LogP contribution in [0.2, 0.25) is 0 Å². The summed E-state index contributed by atoms with van der Waals surface area (Å²) in [6.45, 7) is 1.92. The molecule has 6 heteroatoms. The van der Waals surface area contributed by atoms with Crippen LogP contribution in [0.3, 0.4) is 0 Å². The van der Waals surface area contributed by atoms with Crippen LogP contribution in [0.15, 0.2) is 24.3 Å². The summed E-state index contributed by atoms with van der Waals surface area (Å²) >= 11 is 0. The van der Waals surface area contributed by atoms with Gasteiger partial charge in [0, 0.05) is 30.9 Å². The Hall–Kier alpha value is -2.08. The highest BCUT2D eigenvalue weighted by Gasteiger charge is 2.21. The second-order valence-electron chi connectivity index (χ2n) is 4.67.